The molecule has 24 heavy (non-hydrogen) atoms. The summed E-state index contributed by atoms with van der Waals surface area (Å²) in [6.07, 6.45) is 2.68. The summed E-state index contributed by atoms with van der Waals surface area (Å²) in [7, 11) is 0. The molecule has 1 amide bonds. The van der Waals surface area contributed by atoms with E-state index in [1.165, 1.54) is 5.56 Å². The third-order valence-corrected chi connectivity index (χ3v) is 3.72. The summed E-state index contributed by atoms with van der Waals surface area (Å²) in [4.78, 5) is 16.4. The van der Waals surface area contributed by atoms with Crippen LogP contribution < -0.4 is 10.6 Å². The van der Waals surface area contributed by atoms with Gasteiger partial charge in [-0.25, -0.2) is 4.98 Å². The van der Waals surface area contributed by atoms with Gasteiger partial charge >= 0.3 is 0 Å². The highest BCUT2D eigenvalue weighted by Gasteiger charge is 2.06. The van der Waals surface area contributed by atoms with Gasteiger partial charge in [0.05, 0.1) is 11.9 Å². The second-order valence-electron chi connectivity index (χ2n) is 5.39. The number of nitrogens with one attached hydrogen (secondary N) is 2. The predicted octanol–water partition coefficient (Wildman–Crippen LogP) is 4.64. The molecule has 2 aromatic carbocycles. The molecular weight excluding hydrogens is 298 g/mol. The number of amides is 1. The Morgan fingerprint density at radius 2 is 1.71 bits per heavy atom. The number of hydrogen-bond donors (Lipinski definition) is 2. The van der Waals surface area contributed by atoms with Gasteiger partial charge in [-0.2, -0.15) is 0 Å². The number of carbonyl (C=O) groups is 1. The van der Waals surface area contributed by atoms with Gasteiger partial charge in [0, 0.05) is 11.3 Å². The number of para-hydroxylation sites is 1. The first-order chi connectivity index (χ1) is 11.8. The van der Waals surface area contributed by atoms with Crippen molar-refractivity contribution in [3.63, 3.8) is 0 Å². The van der Waals surface area contributed by atoms with E-state index in [1.807, 2.05) is 42.5 Å². The fourth-order valence-electron chi connectivity index (χ4n) is 2.43. The van der Waals surface area contributed by atoms with Gasteiger partial charge in [-0.1, -0.05) is 43.3 Å². The molecule has 3 rings (SSSR count). The number of anilines is 3. The van der Waals surface area contributed by atoms with Crippen molar-refractivity contribution in [1.82, 2.24) is 4.98 Å². The second kappa shape index (κ2) is 7.42. The number of rotatable bonds is 5. The summed E-state index contributed by atoms with van der Waals surface area (Å²) < 4.78 is 0. The Bertz CT molecular complexity index is 814. The van der Waals surface area contributed by atoms with Crippen LogP contribution in [0, 0.1) is 0 Å². The number of nitrogens with zero attached hydrogens (tertiary/aromatic N) is 1. The van der Waals surface area contributed by atoms with Crippen molar-refractivity contribution in [3.8, 4) is 0 Å². The van der Waals surface area contributed by atoms with Crippen LogP contribution in [0.3, 0.4) is 0 Å². The monoisotopic (exact) mass is 317 g/mol. The van der Waals surface area contributed by atoms with Gasteiger partial charge in [-0.05, 0) is 42.3 Å². The van der Waals surface area contributed by atoms with E-state index >= 15 is 0 Å². The maximum atomic E-state index is 12.1. The summed E-state index contributed by atoms with van der Waals surface area (Å²) in [6.45, 7) is 2.13. The summed E-state index contributed by atoms with van der Waals surface area (Å²) in [5.74, 6) is 0.360. The first kappa shape index (κ1) is 15.7. The van der Waals surface area contributed by atoms with E-state index < -0.39 is 0 Å². The molecule has 4 heteroatoms. The molecule has 0 unspecified atom stereocenters. The molecule has 3 aromatic rings. The van der Waals surface area contributed by atoms with Crippen LogP contribution >= 0.6 is 0 Å². The summed E-state index contributed by atoms with van der Waals surface area (Å²) in [6, 6.07) is 21.0. The van der Waals surface area contributed by atoms with E-state index in [0.29, 0.717) is 11.4 Å². The van der Waals surface area contributed by atoms with E-state index in [2.05, 4.69) is 28.6 Å². The second-order valence-corrected chi connectivity index (χ2v) is 5.39. The van der Waals surface area contributed by atoms with Crippen LogP contribution in [-0.4, -0.2) is 10.9 Å². The SMILES string of the molecule is CCc1ccccc1Nc1ccc(NC(=O)c2ccccc2)nc1. The van der Waals surface area contributed by atoms with Crippen LogP contribution in [0.2, 0.25) is 0 Å². The van der Waals surface area contributed by atoms with Crippen LogP contribution in [0.1, 0.15) is 22.8 Å². The molecule has 0 bridgehead atoms. The fraction of sp³-hybridized carbons (Fsp3) is 0.100. The lowest BCUT2D eigenvalue weighted by atomic mass is 10.1. The number of benzene rings is 2. The Morgan fingerprint density at radius 3 is 2.42 bits per heavy atom. The molecule has 0 fully saturated rings. The van der Waals surface area contributed by atoms with Crippen LogP contribution in [-0.2, 0) is 6.42 Å². The molecule has 0 atom stereocenters. The van der Waals surface area contributed by atoms with E-state index in [0.717, 1.165) is 17.8 Å². The van der Waals surface area contributed by atoms with Gasteiger partial charge in [0.2, 0.25) is 0 Å². The van der Waals surface area contributed by atoms with Gasteiger partial charge in [-0.3, -0.25) is 4.79 Å². The first-order valence-corrected chi connectivity index (χ1v) is 7.93. The van der Waals surface area contributed by atoms with Crippen LogP contribution in [0.4, 0.5) is 17.2 Å². The van der Waals surface area contributed by atoms with Gasteiger partial charge < -0.3 is 10.6 Å². The number of hydrogen-bond acceptors (Lipinski definition) is 3. The van der Waals surface area contributed by atoms with E-state index in [4.69, 9.17) is 0 Å². The van der Waals surface area contributed by atoms with Crippen molar-refractivity contribution >= 4 is 23.1 Å². The van der Waals surface area contributed by atoms with Gasteiger partial charge in [0.25, 0.3) is 5.91 Å². The largest absolute Gasteiger partial charge is 0.354 e. The zero-order valence-corrected chi connectivity index (χ0v) is 13.5. The first-order valence-electron chi connectivity index (χ1n) is 7.93. The van der Waals surface area contributed by atoms with Crippen molar-refractivity contribution < 1.29 is 4.79 Å². The zero-order chi connectivity index (χ0) is 16.8. The Kier molecular flexibility index (Phi) is 4.87. The third kappa shape index (κ3) is 3.79. The Labute approximate surface area is 141 Å². The molecule has 0 radical (unpaired) electrons. The number of aromatic nitrogens is 1. The zero-order valence-electron chi connectivity index (χ0n) is 13.5. The lowest BCUT2D eigenvalue weighted by molar-refractivity contribution is 0.102. The van der Waals surface area contributed by atoms with Crippen molar-refractivity contribution in [1.29, 1.82) is 0 Å². The maximum Gasteiger partial charge on any atom is 0.256 e. The minimum absolute atomic E-state index is 0.167. The quantitative estimate of drug-likeness (QED) is 0.721. The molecular formula is C20H19N3O. The fourth-order valence-corrected chi connectivity index (χ4v) is 2.43. The summed E-state index contributed by atoms with van der Waals surface area (Å²) >= 11 is 0. The van der Waals surface area contributed by atoms with Gasteiger partial charge in [0.15, 0.2) is 0 Å². The van der Waals surface area contributed by atoms with Crippen molar-refractivity contribution in [2.75, 3.05) is 10.6 Å². The third-order valence-electron chi connectivity index (χ3n) is 3.72. The summed E-state index contributed by atoms with van der Waals surface area (Å²) in [5, 5.41) is 6.15. The van der Waals surface area contributed by atoms with E-state index in [1.54, 1.807) is 24.4 Å². The molecule has 0 spiro atoms. The smallest absolute Gasteiger partial charge is 0.256 e. The van der Waals surface area contributed by atoms with Crippen molar-refractivity contribution in [2.24, 2.45) is 0 Å². The minimum Gasteiger partial charge on any atom is -0.354 e. The molecule has 0 saturated carbocycles. The topological polar surface area (TPSA) is 54.0 Å². The molecule has 1 aromatic heterocycles. The molecule has 0 saturated heterocycles. The average Bonchev–Trinajstić information content (AvgIpc) is 2.64. The molecule has 1 heterocycles. The van der Waals surface area contributed by atoms with E-state index in [9.17, 15) is 4.79 Å². The molecule has 0 aliphatic carbocycles. The highest BCUT2D eigenvalue weighted by molar-refractivity contribution is 6.03. The lowest BCUT2D eigenvalue weighted by Gasteiger charge is -2.11. The Morgan fingerprint density at radius 1 is 0.958 bits per heavy atom. The molecule has 0 aliphatic heterocycles. The van der Waals surface area contributed by atoms with Crippen LogP contribution in [0.25, 0.3) is 0 Å². The normalized spacial score (nSPS) is 10.2. The van der Waals surface area contributed by atoms with Crippen molar-refractivity contribution in [2.45, 2.75) is 13.3 Å². The summed E-state index contributed by atoms with van der Waals surface area (Å²) in [5.41, 5.74) is 3.81. The van der Waals surface area contributed by atoms with Crippen LogP contribution in [0.5, 0.6) is 0 Å². The number of pyridine rings is 1. The highest BCUT2D eigenvalue weighted by atomic mass is 16.1. The number of carbonyl (C=O) groups excluding carboxylic acids is 1. The molecule has 2 N–H and O–H groups in total. The molecule has 0 aliphatic rings. The highest BCUT2D eigenvalue weighted by Crippen LogP contribution is 2.21. The Balaban J connectivity index is 1.68. The molecule has 120 valence electrons. The number of aryl methyl sites for hydroxylation is 1. The molecule has 4 nitrogen and oxygen atoms in total. The van der Waals surface area contributed by atoms with E-state index in [-0.39, 0.29) is 5.91 Å². The minimum atomic E-state index is -0.167. The Hall–Kier alpha value is -3.14. The van der Waals surface area contributed by atoms with Gasteiger partial charge in [0.1, 0.15) is 5.82 Å². The van der Waals surface area contributed by atoms with Gasteiger partial charge in [-0.15, -0.1) is 0 Å². The van der Waals surface area contributed by atoms with Crippen molar-refractivity contribution in [3.05, 3.63) is 84.1 Å². The lowest BCUT2D eigenvalue weighted by Crippen LogP contribution is -2.12. The van der Waals surface area contributed by atoms with Crippen LogP contribution in [0.15, 0.2) is 72.9 Å². The standard InChI is InChI=1S/C20H19N3O/c1-2-15-8-6-7-11-18(15)22-17-12-13-19(21-14-17)23-20(24)16-9-4-3-5-10-16/h3-14,22H,2H2,1H3,(H,21,23,24). The predicted molar refractivity (Wildman–Crippen MR) is 97.7 cm³/mol. The maximum absolute atomic E-state index is 12.1. The average molecular weight is 317 g/mol.